The monoisotopic (exact) mass is 378 g/mol. The Hall–Kier alpha value is -2.87. The van der Waals surface area contributed by atoms with Gasteiger partial charge in [-0.05, 0) is 43.6 Å². The van der Waals surface area contributed by atoms with Gasteiger partial charge in [0.15, 0.2) is 5.65 Å². The zero-order chi connectivity index (χ0) is 19.2. The summed E-state index contributed by atoms with van der Waals surface area (Å²) >= 11 is 0. The van der Waals surface area contributed by atoms with Crippen LogP contribution in [0.4, 0.5) is 0 Å². The standard InChI is InChI=1S/C19H19BN4O2S/c1-13(2)23-12-17(20)18(22-23)15-10-14-8-9-24(19(14)21-11-15)27(25,26)16-6-4-3-5-7-16/h3-13H,20H2,1-2H3. The molecule has 0 aliphatic heterocycles. The van der Waals surface area contributed by atoms with E-state index >= 15 is 0 Å². The Morgan fingerprint density at radius 3 is 2.52 bits per heavy atom. The van der Waals surface area contributed by atoms with Crippen LogP contribution in [0.3, 0.4) is 0 Å². The molecule has 0 fully saturated rings. The van der Waals surface area contributed by atoms with Crippen LogP contribution in [-0.2, 0) is 10.0 Å². The first kappa shape index (κ1) is 17.5. The van der Waals surface area contributed by atoms with Crippen molar-refractivity contribution in [1.29, 1.82) is 0 Å². The lowest BCUT2D eigenvalue weighted by Gasteiger charge is -2.07. The van der Waals surface area contributed by atoms with Crippen molar-refractivity contribution in [3.63, 3.8) is 0 Å². The fourth-order valence-electron chi connectivity index (χ4n) is 3.06. The highest BCUT2D eigenvalue weighted by atomic mass is 32.2. The number of pyridine rings is 1. The lowest BCUT2D eigenvalue weighted by atomic mass is 9.94. The summed E-state index contributed by atoms with van der Waals surface area (Å²) < 4.78 is 28.9. The van der Waals surface area contributed by atoms with Crippen molar-refractivity contribution in [3.8, 4) is 11.3 Å². The molecule has 0 aliphatic carbocycles. The Morgan fingerprint density at radius 2 is 1.85 bits per heavy atom. The summed E-state index contributed by atoms with van der Waals surface area (Å²) in [6, 6.07) is 12.3. The average Bonchev–Trinajstić information content (AvgIpc) is 3.26. The van der Waals surface area contributed by atoms with Crippen molar-refractivity contribution in [2.45, 2.75) is 24.8 Å². The van der Waals surface area contributed by atoms with Gasteiger partial charge < -0.3 is 0 Å². The van der Waals surface area contributed by atoms with E-state index in [2.05, 4.69) is 23.9 Å². The largest absolute Gasteiger partial charge is 0.270 e. The topological polar surface area (TPSA) is 69.8 Å². The first-order chi connectivity index (χ1) is 12.9. The second-order valence-corrected chi connectivity index (χ2v) is 8.62. The van der Waals surface area contributed by atoms with Crippen molar-refractivity contribution >= 4 is 34.4 Å². The zero-order valence-corrected chi connectivity index (χ0v) is 16.2. The number of hydrogen-bond acceptors (Lipinski definition) is 4. The minimum absolute atomic E-state index is 0.236. The fraction of sp³-hybridized carbons (Fsp3) is 0.158. The maximum Gasteiger partial charge on any atom is 0.269 e. The molecule has 136 valence electrons. The first-order valence-electron chi connectivity index (χ1n) is 8.72. The van der Waals surface area contributed by atoms with E-state index in [0.29, 0.717) is 5.65 Å². The van der Waals surface area contributed by atoms with E-state index in [4.69, 9.17) is 0 Å². The Balaban J connectivity index is 1.81. The fourth-order valence-corrected chi connectivity index (χ4v) is 4.39. The van der Waals surface area contributed by atoms with Crippen molar-refractivity contribution in [2.75, 3.05) is 0 Å². The van der Waals surface area contributed by atoms with Crippen LogP contribution in [0.25, 0.3) is 22.3 Å². The van der Waals surface area contributed by atoms with Gasteiger partial charge in [0.1, 0.15) is 7.85 Å². The third kappa shape index (κ3) is 2.96. The van der Waals surface area contributed by atoms with E-state index in [1.165, 1.54) is 3.97 Å². The van der Waals surface area contributed by atoms with Gasteiger partial charge in [-0.15, -0.1) is 0 Å². The third-order valence-corrected chi connectivity index (χ3v) is 6.19. The van der Waals surface area contributed by atoms with Crippen LogP contribution in [0.2, 0.25) is 0 Å². The normalized spacial score (nSPS) is 12.1. The van der Waals surface area contributed by atoms with Gasteiger partial charge in [0.25, 0.3) is 10.0 Å². The molecule has 0 saturated carbocycles. The molecule has 0 amide bonds. The van der Waals surface area contributed by atoms with Gasteiger partial charge in [0.2, 0.25) is 0 Å². The summed E-state index contributed by atoms with van der Waals surface area (Å²) in [5.41, 5.74) is 3.19. The van der Waals surface area contributed by atoms with Gasteiger partial charge in [-0.25, -0.2) is 17.4 Å². The number of aromatic nitrogens is 4. The molecule has 0 spiro atoms. The van der Waals surface area contributed by atoms with Gasteiger partial charge in [0.05, 0.1) is 10.6 Å². The lowest BCUT2D eigenvalue weighted by molar-refractivity contribution is 0.534. The summed E-state index contributed by atoms with van der Waals surface area (Å²) in [6.07, 6.45) is 5.23. The summed E-state index contributed by atoms with van der Waals surface area (Å²) in [7, 11) is -1.67. The predicted molar refractivity (Wildman–Crippen MR) is 109 cm³/mol. The van der Waals surface area contributed by atoms with E-state index in [1.54, 1.807) is 48.8 Å². The summed E-state index contributed by atoms with van der Waals surface area (Å²) in [4.78, 5) is 4.68. The highest BCUT2D eigenvalue weighted by Crippen LogP contribution is 2.24. The predicted octanol–water partition coefficient (Wildman–Crippen LogP) is 1.98. The molecule has 4 aromatic rings. The van der Waals surface area contributed by atoms with Crippen molar-refractivity contribution < 1.29 is 8.42 Å². The SMILES string of the molecule is Bc1cn(C(C)C)nc1-c1cnc2c(ccn2S(=O)(=O)c2ccccc2)c1. The molecule has 0 aliphatic rings. The van der Waals surface area contributed by atoms with Crippen LogP contribution in [0.15, 0.2) is 66.0 Å². The third-order valence-electron chi connectivity index (χ3n) is 4.51. The van der Waals surface area contributed by atoms with Gasteiger partial charge >= 0.3 is 0 Å². The number of fused-ring (bicyclic) bond motifs is 1. The molecule has 3 heterocycles. The van der Waals surface area contributed by atoms with Crippen LogP contribution in [0, 0.1) is 0 Å². The molecular formula is C19H19BN4O2S. The van der Waals surface area contributed by atoms with E-state index in [1.807, 2.05) is 24.8 Å². The van der Waals surface area contributed by atoms with E-state index in [0.717, 1.165) is 22.1 Å². The molecular weight excluding hydrogens is 359 g/mol. The zero-order valence-electron chi connectivity index (χ0n) is 15.4. The first-order valence-corrected chi connectivity index (χ1v) is 10.2. The smallest absolute Gasteiger partial charge is 0.269 e. The highest BCUT2D eigenvalue weighted by Gasteiger charge is 2.20. The Labute approximate surface area is 158 Å². The average molecular weight is 378 g/mol. The van der Waals surface area contributed by atoms with Crippen LogP contribution < -0.4 is 5.46 Å². The van der Waals surface area contributed by atoms with E-state index in [9.17, 15) is 8.42 Å². The van der Waals surface area contributed by atoms with Crippen molar-refractivity contribution in [3.05, 3.63) is 61.1 Å². The van der Waals surface area contributed by atoms with Crippen LogP contribution in [0.1, 0.15) is 19.9 Å². The Bertz CT molecular complexity index is 1230. The molecule has 1 aromatic carbocycles. The molecule has 0 bridgehead atoms. The summed E-state index contributed by atoms with van der Waals surface area (Å²) in [5, 5.41) is 5.40. The molecule has 0 saturated heterocycles. The molecule has 8 heteroatoms. The van der Waals surface area contributed by atoms with Crippen LogP contribution in [0.5, 0.6) is 0 Å². The molecule has 0 unspecified atom stereocenters. The summed E-state index contributed by atoms with van der Waals surface area (Å²) in [5.74, 6) is 0. The van der Waals surface area contributed by atoms with E-state index < -0.39 is 10.0 Å². The van der Waals surface area contributed by atoms with Crippen LogP contribution >= 0.6 is 0 Å². The molecule has 0 N–H and O–H groups in total. The number of benzene rings is 1. The molecule has 3 aromatic heterocycles. The second-order valence-electron chi connectivity index (χ2n) is 6.80. The van der Waals surface area contributed by atoms with Crippen molar-refractivity contribution in [2.24, 2.45) is 0 Å². The van der Waals surface area contributed by atoms with Gasteiger partial charge in [-0.1, -0.05) is 18.2 Å². The highest BCUT2D eigenvalue weighted by molar-refractivity contribution is 7.90. The molecule has 27 heavy (non-hydrogen) atoms. The van der Waals surface area contributed by atoms with Crippen LogP contribution in [-0.4, -0.2) is 35.0 Å². The molecule has 6 nitrogen and oxygen atoms in total. The van der Waals surface area contributed by atoms with Crippen molar-refractivity contribution in [1.82, 2.24) is 18.7 Å². The Kier molecular flexibility index (Phi) is 4.15. The number of hydrogen-bond donors (Lipinski definition) is 0. The van der Waals surface area contributed by atoms with E-state index in [-0.39, 0.29) is 10.9 Å². The Morgan fingerprint density at radius 1 is 1.11 bits per heavy atom. The molecule has 0 radical (unpaired) electrons. The maximum atomic E-state index is 12.9. The molecule has 4 rings (SSSR count). The van der Waals surface area contributed by atoms with Gasteiger partial charge in [0, 0.05) is 35.6 Å². The maximum absolute atomic E-state index is 12.9. The number of rotatable bonds is 4. The minimum atomic E-state index is -3.68. The summed E-state index contributed by atoms with van der Waals surface area (Å²) in [6.45, 7) is 4.15. The molecule has 0 atom stereocenters. The number of nitrogens with zero attached hydrogens (tertiary/aromatic N) is 4. The van der Waals surface area contributed by atoms with Gasteiger partial charge in [-0.3, -0.25) is 4.68 Å². The lowest BCUT2D eigenvalue weighted by Crippen LogP contribution is -2.12. The second kappa shape index (κ2) is 6.38. The van der Waals surface area contributed by atoms with Gasteiger partial charge in [-0.2, -0.15) is 5.10 Å². The quantitative estimate of drug-likeness (QED) is 0.509. The minimum Gasteiger partial charge on any atom is -0.270 e.